The van der Waals surface area contributed by atoms with Gasteiger partial charge in [-0.1, -0.05) is 24.3 Å². The van der Waals surface area contributed by atoms with Crippen LogP contribution in [-0.2, 0) is 17.9 Å². The highest BCUT2D eigenvalue weighted by molar-refractivity contribution is 5.87. The average molecular weight is 289 g/mol. The maximum absolute atomic E-state index is 13.6. The van der Waals surface area contributed by atoms with Crippen LogP contribution in [0.1, 0.15) is 21.5 Å². The van der Waals surface area contributed by atoms with Crippen molar-refractivity contribution in [2.75, 3.05) is 12.4 Å². The van der Waals surface area contributed by atoms with Gasteiger partial charge in [0.1, 0.15) is 5.82 Å². The van der Waals surface area contributed by atoms with Gasteiger partial charge in [0.25, 0.3) is 0 Å². The standard InChI is InChI=1S/C16H16FNO3/c1-21-10-12-4-2-3-5-15(12)18-9-11-6-7-13(16(19)20)14(17)8-11/h2-8,18H,9-10H2,1H3,(H,19,20). The Balaban J connectivity index is 2.10. The Morgan fingerprint density at radius 1 is 1.29 bits per heavy atom. The van der Waals surface area contributed by atoms with E-state index in [0.717, 1.165) is 11.3 Å². The van der Waals surface area contributed by atoms with Crippen molar-refractivity contribution in [3.05, 3.63) is 65.0 Å². The maximum atomic E-state index is 13.6. The lowest BCUT2D eigenvalue weighted by Gasteiger charge is -2.12. The number of nitrogens with one attached hydrogen (secondary N) is 1. The number of carbonyl (C=O) groups is 1. The van der Waals surface area contributed by atoms with E-state index < -0.39 is 11.8 Å². The van der Waals surface area contributed by atoms with Crippen molar-refractivity contribution >= 4 is 11.7 Å². The van der Waals surface area contributed by atoms with Crippen LogP contribution in [0.3, 0.4) is 0 Å². The van der Waals surface area contributed by atoms with Gasteiger partial charge in [0.2, 0.25) is 0 Å². The summed E-state index contributed by atoms with van der Waals surface area (Å²) in [5, 5.41) is 12.0. The molecule has 0 atom stereocenters. The molecule has 0 aromatic heterocycles. The van der Waals surface area contributed by atoms with Gasteiger partial charge in [0.15, 0.2) is 0 Å². The fourth-order valence-electron chi connectivity index (χ4n) is 2.01. The van der Waals surface area contributed by atoms with E-state index in [4.69, 9.17) is 9.84 Å². The lowest BCUT2D eigenvalue weighted by molar-refractivity contribution is 0.0692. The Morgan fingerprint density at radius 2 is 2.05 bits per heavy atom. The summed E-state index contributed by atoms with van der Waals surface area (Å²) in [6.07, 6.45) is 0. The first-order valence-corrected chi connectivity index (χ1v) is 6.44. The van der Waals surface area contributed by atoms with Crippen LogP contribution in [-0.4, -0.2) is 18.2 Å². The maximum Gasteiger partial charge on any atom is 0.338 e. The van der Waals surface area contributed by atoms with E-state index in [-0.39, 0.29) is 5.56 Å². The highest BCUT2D eigenvalue weighted by Gasteiger charge is 2.10. The number of halogens is 1. The van der Waals surface area contributed by atoms with Crippen molar-refractivity contribution < 1.29 is 19.0 Å². The fraction of sp³-hybridized carbons (Fsp3) is 0.188. The Kier molecular flexibility index (Phi) is 4.90. The van der Waals surface area contributed by atoms with Crippen LogP contribution in [0.4, 0.5) is 10.1 Å². The molecular formula is C16H16FNO3. The molecule has 21 heavy (non-hydrogen) atoms. The van der Waals surface area contributed by atoms with Crippen molar-refractivity contribution in [1.29, 1.82) is 0 Å². The van der Waals surface area contributed by atoms with Gasteiger partial charge >= 0.3 is 5.97 Å². The molecule has 2 aromatic rings. The van der Waals surface area contributed by atoms with Crippen LogP contribution in [0.25, 0.3) is 0 Å². The van der Waals surface area contributed by atoms with Crippen LogP contribution >= 0.6 is 0 Å². The molecule has 5 heteroatoms. The highest BCUT2D eigenvalue weighted by atomic mass is 19.1. The molecule has 0 aliphatic carbocycles. The Hall–Kier alpha value is -2.40. The van der Waals surface area contributed by atoms with Crippen LogP contribution in [0.2, 0.25) is 0 Å². The summed E-state index contributed by atoms with van der Waals surface area (Å²) in [7, 11) is 1.62. The van der Waals surface area contributed by atoms with Gasteiger partial charge in [-0.25, -0.2) is 9.18 Å². The molecule has 0 spiro atoms. The van der Waals surface area contributed by atoms with Crippen LogP contribution in [0, 0.1) is 5.82 Å². The molecule has 0 heterocycles. The molecule has 0 aliphatic heterocycles. The number of hydrogen-bond donors (Lipinski definition) is 2. The first kappa shape index (κ1) is 15.0. The number of carboxylic acid groups (broad SMARTS) is 1. The summed E-state index contributed by atoms with van der Waals surface area (Å²) in [5.74, 6) is -2.00. The van der Waals surface area contributed by atoms with Crippen molar-refractivity contribution in [1.82, 2.24) is 0 Å². The number of ether oxygens (including phenoxy) is 1. The molecule has 0 bridgehead atoms. The first-order valence-electron chi connectivity index (χ1n) is 6.44. The number of rotatable bonds is 6. The van der Waals surface area contributed by atoms with E-state index in [1.807, 2.05) is 24.3 Å². The third kappa shape index (κ3) is 3.79. The van der Waals surface area contributed by atoms with E-state index >= 15 is 0 Å². The minimum absolute atomic E-state index is 0.321. The van der Waals surface area contributed by atoms with Gasteiger partial charge in [-0.2, -0.15) is 0 Å². The Labute approximate surface area is 122 Å². The smallest absolute Gasteiger partial charge is 0.338 e. The largest absolute Gasteiger partial charge is 0.478 e. The van der Waals surface area contributed by atoms with Crippen LogP contribution < -0.4 is 5.32 Å². The number of aromatic carboxylic acids is 1. The summed E-state index contributed by atoms with van der Waals surface area (Å²) < 4.78 is 18.7. The monoisotopic (exact) mass is 289 g/mol. The van der Waals surface area contributed by atoms with Crippen molar-refractivity contribution in [2.45, 2.75) is 13.2 Å². The summed E-state index contributed by atoms with van der Waals surface area (Å²) in [6.45, 7) is 0.882. The molecule has 0 fully saturated rings. The molecule has 0 saturated carbocycles. The number of hydrogen-bond acceptors (Lipinski definition) is 3. The second-order valence-electron chi connectivity index (χ2n) is 4.56. The first-order chi connectivity index (χ1) is 10.1. The highest BCUT2D eigenvalue weighted by Crippen LogP contribution is 2.18. The zero-order valence-electron chi connectivity index (χ0n) is 11.6. The third-order valence-corrected chi connectivity index (χ3v) is 3.06. The van der Waals surface area contributed by atoms with Crippen molar-refractivity contribution in [3.63, 3.8) is 0 Å². The zero-order chi connectivity index (χ0) is 15.2. The Morgan fingerprint density at radius 3 is 2.71 bits per heavy atom. The molecule has 2 rings (SSSR count). The zero-order valence-corrected chi connectivity index (χ0v) is 11.6. The number of carboxylic acids is 1. The lowest BCUT2D eigenvalue weighted by atomic mass is 10.1. The molecule has 0 unspecified atom stereocenters. The van der Waals surface area contributed by atoms with Crippen molar-refractivity contribution in [3.8, 4) is 0 Å². The van der Waals surface area contributed by atoms with E-state index in [9.17, 15) is 9.18 Å². The third-order valence-electron chi connectivity index (χ3n) is 3.06. The second-order valence-corrected chi connectivity index (χ2v) is 4.56. The van der Waals surface area contributed by atoms with E-state index in [1.54, 1.807) is 13.2 Å². The average Bonchev–Trinajstić information content (AvgIpc) is 2.46. The summed E-state index contributed by atoms with van der Waals surface area (Å²) in [5.41, 5.74) is 2.26. The topological polar surface area (TPSA) is 58.6 Å². The fourth-order valence-corrected chi connectivity index (χ4v) is 2.01. The van der Waals surface area contributed by atoms with E-state index in [2.05, 4.69) is 5.32 Å². The molecule has 110 valence electrons. The molecule has 2 N–H and O–H groups in total. The molecule has 4 nitrogen and oxygen atoms in total. The number of methoxy groups -OCH3 is 1. The lowest BCUT2D eigenvalue weighted by Crippen LogP contribution is -2.05. The van der Waals surface area contributed by atoms with Gasteiger partial charge in [-0.15, -0.1) is 0 Å². The summed E-state index contributed by atoms with van der Waals surface area (Å²) in [6, 6.07) is 11.8. The van der Waals surface area contributed by atoms with Gasteiger partial charge in [-0.3, -0.25) is 0 Å². The van der Waals surface area contributed by atoms with Crippen molar-refractivity contribution in [2.24, 2.45) is 0 Å². The quantitative estimate of drug-likeness (QED) is 0.856. The van der Waals surface area contributed by atoms with Gasteiger partial charge in [0, 0.05) is 24.9 Å². The predicted molar refractivity (Wildman–Crippen MR) is 77.8 cm³/mol. The molecule has 0 saturated heterocycles. The molecule has 2 aromatic carbocycles. The Bertz CT molecular complexity index is 643. The molecular weight excluding hydrogens is 273 g/mol. The minimum atomic E-state index is -1.27. The van der Waals surface area contributed by atoms with E-state index in [0.29, 0.717) is 18.7 Å². The molecule has 0 radical (unpaired) electrons. The number of para-hydroxylation sites is 1. The summed E-state index contributed by atoms with van der Waals surface area (Å²) >= 11 is 0. The molecule has 0 amide bonds. The SMILES string of the molecule is COCc1ccccc1NCc1ccc(C(=O)O)c(F)c1. The number of anilines is 1. The predicted octanol–water partition coefficient (Wildman–Crippen LogP) is 3.28. The second kappa shape index (κ2) is 6.85. The van der Waals surface area contributed by atoms with Gasteiger partial charge < -0.3 is 15.2 Å². The normalized spacial score (nSPS) is 10.4. The number of benzene rings is 2. The molecule has 0 aliphatic rings. The minimum Gasteiger partial charge on any atom is -0.478 e. The summed E-state index contributed by atoms with van der Waals surface area (Å²) in [4.78, 5) is 10.8. The van der Waals surface area contributed by atoms with Gasteiger partial charge in [0.05, 0.1) is 12.2 Å². The van der Waals surface area contributed by atoms with E-state index in [1.165, 1.54) is 12.1 Å². The van der Waals surface area contributed by atoms with Crippen LogP contribution in [0.15, 0.2) is 42.5 Å². The van der Waals surface area contributed by atoms with Crippen LogP contribution in [0.5, 0.6) is 0 Å². The van der Waals surface area contributed by atoms with Gasteiger partial charge in [-0.05, 0) is 23.8 Å².